The van der Waals surface area contributed by atoms with Crippen LogP contribution >= 0.6 is 0 Å². The summed E-state index contributed by atoms with van der Waals surface area (Å²) in [4.78, 5) is 16.0. The first-order valence-electron chi connectivity index (χ1n) is 21.6. The fourth-order valence-corrected chi connectivity index (χ4v) is 15.2. The molecule has 0 radical (unpaired) electrons. The van der Waals surface area contributed by atoms with Crippen LogP contribution in [-0.2, 0) is 0 Å². The molecule has 12 aromatic rings. The Balaban J connectivity index is 1.10. The topological polar surface area (TPSA) is 57.8 Å². The average molecular weight is 836 g/mol. The summed E-state index contributed by atoms with van der Waals surface area (Å²) in [5, 5.41) is 9.69. The quantitative estimate of drug-likeness (QED) is 0.157. The Morgan fingerprint density at radius 1 is 0.359 bits per heavy atom. The molecule has 0 spiro atoms. The van der Waals surface area contributed by atoms with Crippen molar-refractivity contribution < 1.29 is 4.74 Å². The summed E-state index contributed by atoms with van der Waals surface area (Å²) in [7, 11) is -2.95. The molecule has 0 atom stereocenters. The molecule has 0 unspecified atom stereocenters. The van der Waals surface area contributed by atoms with E-state index >= 15 is 0 Å². The SMILES string of the molecule is c1ccc(-c2nc(-c3ccccc3-n3c4ccccc4c4ccc([Si]5(c6ccccc6)c6ccccc6Oc6ccccc65)cc43)nc(-n3c4ccccc4c4ccccc43)n2)cc1. The molecule has 0 saturated heterocycles. The highest BCUT2D eigenvalue weighted by Crippen LogP contribution is 2.38. The number of ether oxygens (including phenoxy) is 1. The first-order chi connectivity index (χ1) is 31.8. The molecule has 7 heteroatoms. The molecule has 0 amide bonds. The van der Waals surface area contributed by atoms with Crippen molar-refractivity contribution in [1.29, 1.82) is 0 Å². The Labute approximate surface area is 370 Å². The molecule has 6 nitrogen and oxygen atoms in total. The van der Waals surface area contributed by atoms with Gasteiger partial charge in [0, 0.05) is 32.7 Å². The number of aromatic nitrogens is 5. The van der Waals surface area contributed by atoms with Crippen molar-refractivity contribution in [2.24, 2.45) is 0 Å². The van der Waals surface area contributed by atoms with Gasteiger partial charge in [-0.25, -0.2) is 4.98 Å². The van der Waals surface area contributed by atoms with Crippen molar-refractivity contribution in [3.05, 3.63) is 224 Å². The molecule has 300 valence electrons. The minimum Gasteiger partial charge on any atom is -0.458 e. The fraction of sp³-hybridized carbons (Fsp3) is 0. The number of benzene rings is 9. The molecule has 0 bridgehead atoms. The highest BCUT2D eigenvalue weighted by atomic mass is 28.3. The summed E-state index contributed by atoms with van der Waals surface area (Å²) < 4.78 is 11.3. The van der Waals surface area contributed by atoms with Crippen LogP contribution < -0.4 is 25.5 Å². The van der Waals surface area contributed by atoms with Crippen molar-refractivity contribution in [1.82, 2.24) is 24.1 Å². The van der Waals surface area contributed by atoms with E-state index in [9.17, 15) is 0 Å². The van der Waals surface area contributed by atoms with Crippen LogP contribution in [0, 0.1) is 0 Å². The number of para-hydroxylation sites is 6. The van der Waals surface area contributed by atoms with E-state index in [1.54, 1.807) is 0 Å². The number of hydrogen-bond donors (Lipinski definition) is 0. The van der Waals surface area contributed by atoms with Crippen molar-refractivity contribution in [2.45, 2.75) is 0 Å². The summed E-state index contributed by atoms with van der Waals surface area (Å²) in [6.07, 6.45) is 0. The van der Waals surface area contributed by atoms with Crippen LogP contribution in [-0.4, -0.2) is 32.2 Å². The van der Waals surface area contributed by atoms with Gasteiger partial charge >= 0.3 is 0 Å². The first-order valence-corrected chi connectivity index (χ1v) is 23.6. The monoisotopic (exact) mass is 835 g/mol. The Hall–Kier alpha value is -8.39. The van der Waals surface area contributed by atoms with Gasteiger partial charge in [0.2, 0.25) is 5.95 Å². The molecule has 13 rings (SSSR count). The van der Waals surface area contributed by atoms with Gasteiger partial charge in [0.05, 0.1) is 27.8 Å². The highest BCUT2D eigenvalue weighted by molar-refractivity contribution is 7.20. The number of hydrogen-bond acceptors (Lipinski definition) is 4. The zero-order valence-corrected chi connectivity index (χ0v) is 35.5. The molecule has 0 aliphatic carbocycles. The van der Waals surface area contributed by atoms with Crippen LogP contribution in [0.1, 0.15) is 0 Å². The third kappa shape index (κ3) is 5.34. The van der Waals surface area contributed by atoms with E-state index in [0.29, 0.717) is 17.6 Å². The molecule has 1 aliphatic heterocycles. The molecular formula is C57H37N5OSi. The predicted octanol–water partition coefficient (Wildman–Crippen LogP) is 10.9. The Kier molecular flexibility index (Phi) is 8.13. The van der Waals surface area contributed by atoms with E-state index in [-0.39, 0.29) is 0 Å². The van der Waals surface area contributed by atoms with Crippen LogP contribution in [0.2, 0.25) is 0 Å². The van der Waals surface area contributed by atoms with Crippen LogP contribution in [0.3, 0.4) is 0 Å². The minimum atomic E-state index is -2.95. The second kappa shape index (κ2) is 14.3. The zero-order valence-electron chi connectivity index (χ0n) is 34.5. The first kappa shape index (κ1) is 36.3. The van der Waals surface area contributed by atoms with E-state index in [2.05, 4.69) is 215 Å². The van der Waals surface area contributed by atoms with Crippen LogP contribution in [0.25, 0.3) is 78.0 Å². The van der Waals surface area contributed by atoms with E-state index in [1.807, 2.05) is 18.2 Å². The van der Waals surface area contributed by atoms with Crippen LogP contribution in [0.5, 0.6) is 11.5 Å². The molecule has 3 aromatic heterocycles. The van der Waals surface area contributed by atoms with Gasteiger partial charge in [-0.3, -0.25) is 4.57 Å². The lowest BCUT2D eigenvalue weighted by Crippen LogP contribution is -2.76. The van der Waals surface area contributed by atoms with Gasteiger partial charge in [-0.15, -0.1) is 0 Å². The zero-order chi connectivity index (χ0) is 42.2. The highest BCUT2D eigenvalue weighted by Gasteiger charge is 2.48. The smallest absolute Gasteiger partial charge is 0.238 e. The summed E-state index contributed by atoms with van der Waals surface area (Å²) in [5.41, 5.74) is 7.08. The summed E-state index contributed by atoms with van der Waals surface area (Å²) >= 11 is 0. The third-order valence-electron chi connectivity index (χ3n) is 12.9. The molecule has 64 heavy (non-hydrogen) atoms. The van der Waals surface area contributed by atoms with Crippen LogP contribution in [0.4, 0.5) is 0 Å². The Morgan fingerprint density at radius 3 is 1.52 bits per heavy atom. The second-order valence-electron chi connectivity index (χ2n) is 16.3. The van der Waals surface area contributed by atoms with Gasteiger partial charge in [0.15, 0.2) is 19.7 Å². The number of rotatable bonds is 6. The van der Waals surface area contributed by atoms with Crippen molar-refractivity contribution in [3.63, 3.8) is 0 Å². The van der Waals surface area contributed by atoms with Crippen molar-refractivity contribution in [2.75, 3.05) is 0 Å². The van der Waals surface area contributed by atoms with Gasteiger partial charge in [-0.2, -0.15) is 9.97 Å². The fourth-order valence-electron chi connectivity index (χ4n) is 10.2. The normalized spacial score (nSPS) is 12.9. The summed E-state index contributed by atoms with van der Waals surface area (Å²) in [6.45, 7) is 0. The Bertz CT molecular complexity index is 3680. The largest absolute Gasteiger partial charge is 0.458 e. The number of fused-ring (bicyclic) bond motifs is 8. The van der Waals surface area contributed by atoms with Gasteiger partial charge in [-0.1, -0.05) is 176 Å². The Morgan fingerprint density at radius 2 is 0.859 bits per heavy atom. The van der Waals surface area contributed by atoms with Crippen molar-refractivity contribution >= 4 is 72.4 Å². The molecule has 0 fully saturated rings. The van der Waals surface area contributed by atoms with Gasteiger partial charge in [0.1, 0.15) is 11.5 Å². The summed E-state index contributed by atoms with van der Waals surface area (Å²) in [5.74, 6) is 3.57. The van der Waals surface area contributed by atoms with Gasteiger partial charge in [0.25, 0.3) is 0 Å². The maximum absolute atomic E-state index is 6.70. The summed E-state index contributed by atoms with van der Waals surface area (Å²) in [6, 6.07) is 79.9. The minimum absolute atomic E-state index is 0.563. The van der Waals surface area contributed by atoms with Crippen molar-refractivity contribution in [3.8, 4) is 45.9 Å². The maximum atomic E-state index is 6.70. The van der Waals surface area contributed by atoms with E-state index in [4.69, 9.17) is 19.7 Å². The van der Waals surface area contributed by atoms with Gasteiger partial charge in [-0.05, 0) is 69.3 Å². The molecule has 0 N–H and O–H groups in total. The van der Waals surface area contributed by atoms with Crippen LogP contribution in [0.15, 0.2) is 224 Å². The van der Waals surface area contributed by atoms with Gasteiger partial charge < -0.3 is 9.30 Å². The predicted molar refractivity (Wildman–Crippen MR) is 263 cm³/mol. The lowest BCUT2D eigenvalue weighted by molar-refractivity contribution is 0.487. The molecule has 4 heterocycles. The average Bonchev–Trinajstić information content (AvgIpc) is 3.88. The van der Waals surface area contributed by atoms with E-state index in [0.717, 1.165) is 61.2 Å². The third-order valence-corrected chi connectivity index (χ3v) is 17.8. The van der Waals surface area contributed by atoms with E-state index < -0.39 is 8.07 Å². The standard InChI is InChI=1S/C57H37N5OSi/c1-3-19-38(20-4-1)55-58-56(60-57(59-55)62-47-28-12-8-23-41(47)42-24-9-13-29-48(42)62)45-26-10-14-30-49(45)61-46-27-11-7-25-43(46)44-36-35-40(37-50(44)61)64(39-21-5-2-6-22-39)53-33-17-15-31-51(53)63-52-32-16-18-34-54(52)64/h1-37H. The molecular weight excluding hydrogens is 799 g/mol. The molecule has 9 aromatic carbocycles. The molecule has 0 saturated carbocycles. The number of nitrogens with zero attached hydrogens (tertiary/aromatic N) is 5. The second-order valence-corrected chi connectivity index (χ2v) is 20.1. The lowest BCUT2D eigenvalue weighted by Gasteiger charge is -2.39. The molecule has 1 aliphatic rings. The van der Waals surface area contributed by atoms with E-state index in [1.165, 1.54) is 31.5 Å². The lowest BCUT2D eigenvalue weighted by atomic mass is 10.1. The maximum Gasteiger partial charge on any atom is 0.238 e.